The molecule has 0 aromatic rings. The van der Waals surface area contributed by atoms with Crippen LogP contribution in [0.2, 0.25) is 0 Å². The number of carbonyl (C=O) groups is 3. The fraction of sp³-hybridized carbons (Fsp3) is 0.786. The van der Waals surface area contributed by atoms with Crippen molar-refractivity contribution >= 4 is 17.7 Å². The van der Waals surface area contributed by atoms with Gasteiger partial charge in [0.1, 0.15) is 0 Å². The number of nitrogens with one attached hydrogen (secondary N) is 1. The number of hydrazine groups is 1. The average Bonchev–Trinajstić information content (AvgIpc) is 2.51. The summed E-state index contributed by atoms with van der Waals surface area (Å²) < 4.78 is 0. The van der Waals surface area contributed by atoms with Crippen molar-refractivity contribution in [1.82, 2.24) is 15.2 Å². The van der Waals surface area contributed by atoms with E-state index < -0.39 is 0 Å². The molecule has 118 valence electrons. The molecule has 0 aliphatic carbocycles. The van der Waals surface area contributed by atoms with Crippen LogP contribution in [-0.2, 0) is 14.4 Å². The van der Waals surface area contributed by atoms with Crippen LogP contribution in [0.1, 0.15) is 32.6 Å². The predicted octanol–water partition coefficient (Wildman–Crippen LogP) is -0.527. The van der Waals surface area contributed by atoms with E-state index in [1.165, 1.54) is 0 Å². The summed E-state index contributed by atoms with van der Waals surface area (Å²) in [4.78, 5) is 39.1. The molecular formula is C14H24N4O3. The van der Waals surface area contributed by atoms with E-state index in [2.05, 4.69) is 5.43 Å². The third kappa shape index (κ3) is 3.72. The molecule has 1 unspecified atom stereocenters. The van der Waals surface area contributed by atoms with Crippen LogP contribution < -0.4 is 11.3 Å². The van der Waals surface area contributed by atoms with Crippen molar-refractivity contribution < 1.29 is 14.4 Å². The van der Waals surface area contributed by atoms with Crippen LogP contribution in [0.3, 0.4) is 0 Å². The summed E-state index contributed by atoms with van der Waals surface area (Å²) in [5.41, 5.74) is 2.16. The smallest absolute Gasteiger partial charge is 0.242 e. The quantitative estimate of drug-likeness (QED) is 0.416. The van der Waals surface area contributed by atoms with Gasteiger partial charge in [-0.05, 0) is 25.7 Å². The van der Waals surface area contributed by atoms with Crippen molar-refractivity contribution in [3.05, 3.63) is 0 Å². The van der Waals surface area contributed by atoms with Gasteiger partial charge in [-0.1, -0.05) is 6.92 Å². The van der Waals surface area contributed by atoms with E-state index in [1.54, 1.807) is 9.80 Å². The molecule has 1 atom stereocenters. The first-order valence-electron chi connectivity index (χ1n) is 7.60. The molecule has 2 aliphatic rings. The first kappa shape index (κ1) is 15.8. The lowest BCUT2D eigenvalue weighted by Crippen LogP contribution is -2.50. The van der Waals surface area contributed by atoms with E-state index in [1.807, 2.05) is 6.92 Å². The lowest BCUT2D eigenvalue weighted by molar-refractivity contribution is -0.145. The van der Waals surface area contributed by atoms with Crippen LogP contribution in [0.4, 0.5) is 0 Å². The average molecular weight is 296 g/mol. The topological polar surface area (TPSA) is 95.7 Å². The van der Waals surface area contributed by atoms with Crippen molar-refractivity contribution in [2.45, 2.75) is 32.6 Å². The van der Waals surface area contributed by atoms with Gasteiger partial charge in [0.25, 0.3) is 0 Å². The molecule has 3 amide bonds. The monoisotopic (exact) mass is 296 g/mol. The van der Waals surface area contributed by atoms with Crippen molar-refractivity contribution in [3.63, 3.8) is 0 Å². The second kappa shape index (κ2) is 6.89. The van der Waals surface area contributed by atoms with Crippen LogP contribution in [0, 0.1) is 11.8 Å². The van der Waals surface area contributed by atoms with Crippen molar-refractivity contribution in [2.24, 2.45) is 17.7 Å². The molecule has 0 bridgehead atoms. The molecule has 0 aromatic carbocycles. The summed E-state index contributed by atoms with van der Waals surface area (Å²) in [6, 6.07) is 0. The molecule has 2 rings (SSSR count). The van der Waals surface area contributed by atoms with E-state index >= 15 is 0 Å². The Morgan fingerprint density at radius 1 is 1.24 bits per heavy atom. The Hall–Kier alpha value is -1.63. The Kier molecular flexibility index (Phi) is 5.17. The molecular weight excluding hydrogens is 272 g/mol. The minimum atomic E-state index is -0.165. The van der Waals surface area contributed by atoms with Gasteiger partial charge >= 0.3 is 0 Å². The van der Waals surface area contributed by atoms with Crippen LogP contribution >= 0.6 is 0 Å². The van der Waals surface area contributed by atoms with Crippen LogP contribution in [0.25, 0.3) is 0 Å². The zero-order valence-electron chi connectivity index (χ0n) is 12.5. The lowest BCUT2D eigenvalue weighted by atomic mass is 9.96. The number of hydrogen-bond donors (Lipinski definition) is 2. The minimum absolute atomic E-state index is 0.0190. The number of likely N-dealkylation sites (tertiary alicyclic amines) is 2. The number of piperidine rings is 2. The van der Waals surface area contributed by atoms with Gasteiger partial charge in [0.2, 0.25) is 17.7 Å². The Morgan fingerprint density at radius 2 is 1.90 bits per heavy atom. The third-order valence-corrected chi connectivity index (χ3v) is 4.49. The maximum Gasteiger partial charge on any atom is 0.242 e. The number of nitrogens with two attached hydrogens (primary N) is 1. The number of amides is 3. The molecule has 2 heterocycles. The Bertz CT molecular complexity index is 418. The van der Waals surface area contributed by atoms with Crippen LogP contribution in [0.5, 0.6) is 0 Å². The summed E-state index contributed by atoms with van der Waals surface area (Å²) in [7, 11) is 0. The van der Waals surface area contributed by atoms with E-state index in [0.717, 1.165) is 12.8 Å². The molecule has 7 heteroatoms. The van der Waals surface area contributed by atoms with Crippen molar-refractivity contribution in [3.8, 4) is 0 Å². The Balaban J connectivity index is 1.82. The summed E-state index contributed by atoms with van der Waals surface area (Å²) in [5, 5.41) is 0. The highest BCUT2D eigenvalue weighted by molar-refractivity contribution is 5.86. The summed E-state index contributed by atoms with van der Waals surface area (Å²) in [5.74, 6) is 4.92. The lowest BCUT2D eigenvalue weighted by Gasteiger charge is -2.35. The SMILES string of the molecule is CC1CCCN(CC(=O)N2CCC(C(=O)NN)CC2)C1=O. The fourth-order valence-corrected chi connectivity index (χ4v) is 3.06. The fourth-order valence-electron chi connectivity index (χ4n) is 3.06. The summed E-state index contributed by atoms with van der Waals surface area (Å²) in [6.07, 6.45) is 3.11. The standard InChI is InChI=1S/C14H24N4O3/c1-10-3-2-6-18(14(10)21)9-12(19)17-7-4-11(5-8-17)13(20)16-15/h10-11H,2-9,15H2,1H3,(H,16,20). The third-order valence-electron chi connectivity index (χ3n) is 4.49. The molecule has 21 heavy (non-hydrogen) atoms. The molecule has 2 saturated heterocycles. The molecule has 2 aliphatic heterocycles. The maximum atomic E-state index is 12.3. The molecule has 2 fully saturated rings. The number of hydrogen-bond acceptors (Lipinski definition) is 4. The van der Waals surface area contributed by atoms with E-state index in [0.29, 0.717) is 32.5 Å². The molecule has 0 spiro atoms. The van der Waals surface area contributed by atoms with Gasteiger partial charge in [0, 0.05) is 31.5 Å². The highest BCUT2D eigenvalue weighted by Gasteiger charge is 2.30. The second-order valence-electron chi connectivity index (χ2n) is 5.97. The molecule has 0 aromatic heterocycles. The molecule has 3 N–H and O–H groups in total. The van der Waals surface area contributed by atoms with Gasteiger partial charge in [0.05, 0.1) is 6.54 Å². The number of carbonyl (C=O) groups excluding carboxylic acids is 3. The van der Waals surface area contributed by atoms with Gasteiger partial charge in [-0.25, -0.2) is 5.84 Å². The van der Waals surface area contributed by atoms with Gasteiger partial charge < -0.3 is 9.80 Å². The zero-order valence-corrected chi connectivity index (χ0v) is 12.5. The summed E-state index contributed by atoms with van der Waals surface area (Å²) >= 11 is 0. The van der Waals surface area contributed by atoms with Crippen LogP contribution in [0.15, 0.2) is 0 Å². The Morgan fingerprint density at radius 3 is 2.52 bits per heavy atom. The normalized spacial score (nSPS) is 24.1. The first-order valence-corrected chi connectivity index (χ1v) is 7.60. The van der Waals surface area contributed by atoms with Gasteiger partial charge in [-0.3, -0.25) is 19.8 Å². The zero-order chi connectivity index (χ0) is 15.4. The van der Waals surface area contributed by atoms with E-state index in [-0.39, 0.29) is 36.1 Å². The summed E-state index contributed by atoms with van der Waals surface area (Å²) in [6.45, 7) is 3.84. The van der Waals surface area contributed by atoms with Gasteiger partial charge in [-0.15, -0.1) is 0 Å². The van der Waals surface area contributed by atoms with Crippen LogP contribution in [-0.4, -0.2) is 53.7 Å². The number of rotatable bonds is 3. The molecule has 0 radical (unpaired) electrons. The molecule has 0 saturated carbocycles. The predicted molar refractivity (Wildman–Crippen MR) is 76.6 cm³/mol. The maximum absolute atomic E-state index is 12.3. The highest BCUT2D eigenvalue weighted by atomic mass is 16.2. The number of nitrogens with zero attached hydrogens (tertiary/aromatic N) is 2. The van der Waals surface area contributed by atoms with Gasteiger partial charge in [-0.2, -0.15) is 0 Å². The van der Waals surface area contributed by atoms with Gasteiger partial charge in [0.15, 0.2) is 0 Å². The Labute approximate surface area is 124 Å². The van der Waals surface area contributed by atoms with E-state index in [4.69, 9.17) is 5.84 Å². The van der Waals surface area contributed by atoms with Crippen molar-refractivity contribution in [1.29, 1.82) is 0 Å². The largest absolute Gasteiger partial charge is 0.341 e. The first-order chi connectivity index (χ1) is 10.0. The second-order valence-corrected chi connectivity index (χ2v) is 5.97. The van der Waals surface area contributed by atoms with E-state index in [9.17, 15) is 14.4 Å². The highest BCUT2D eigenvalue weighted by Crippen LogP contribution is 2.19. The molecule has 7 nitrogen and oxygen atoms in total. The van der Waals surface area contributed by atoms with Crippen molar-refractivity contribution in [2.75, 3.05) is 26.2 Å². The minimum Gasteiger partial charge on any atom is -0.341 e.